The van der Waals surface area contributed by atoms with Crippen LogP contribution < -0.4 is 9.64 Å². The Balaban J connectivity index is 2.06. The number of carbonyl (C=O) groups is 1. The highest BCUT2D eigenvalue weighted by atomic mass is 19.1. The van der Waals surface area contributed by atoms with E-state index in [1.807, 2.05) is 18.2 Å². The van der Waals surface area contributed by atoms with Crippen LogP contribution in [0.15, 0.2) is 42.5 Å². The first-order valence-electron chi connectivity index (χ1n) is 6.94. The van der Waals surface area contributed by atoms with Crippen LogP contribution in [0.3, 0.4) is 0 Å². The van der Waals surface area contributed by atoms with Crippen LogP contribution in [0.2, 0.25) is 0 Å². The number of rotatable bonds is 2. The van der Waals surface area contributed by atoms with Crippen LogP contribution in [0.25, 0.3) is 0 Å². The molecule has 2 aromatic carbocycles. The number of ether oxygens (including phenoxy) is 1. The van der Waals surface area contributed by atoms with E-state index in [1.54, 1.807) is 24.1 Å². The highest BCUT2D eigenvalue weighted by Crippen LogP contribution is 2.37. The Morgan fingerprint density at radius 2 is 2.00 bits per heavy atom. The van der Waals surface area contributed by atoms with Gasteiger partial charge in [-0.1, -0.05) is 24.3 Å². The smallest absolute Gasteiger partial charge is 0.261 e. The van der Waals surface area contributed by atoms with E-state index in [0.717, 1.165) is 24.1 Å². The summed E-state index contributed by atoms with van der Waals surface area (Å²) in [6, 6.07) is 11.8. The third-order valence-corrected chi connectivity index (χ3v) is 3.75. The Hall–Kier alpha value is -2.36. The van der Waals surface area contributed by atoms with Gasteiger partial charge in [-0.15, -0.1) is 0 Å². The molecule has 1 amide bonds. The topological polar surface area (TPSA) is 29.5 Å². The van der Waals surface area contributed by atoms with Crippen molar-refractivity contribution in [3.05, 3.63) is 59.4 Å². The van der Waals surface area contributed by atoms with Crippen molar-refractivity contribution in [2.45, 2.75) is 12.8 Å². The molecule has 0 saturated carbocycles. The van der Waals surface area contributed by atoms with E-state index in [0.29, 0.717) is 12.3 Å². The molecular weight excluding hydrogens is 269 g/mol. The molecule has 1 heterocycles. The fourth-order valence-corrected chi connectivity index (χ4v) is 2.76. The number of hydrogen-bond donors (Lipinski definition) is 0. The zero-order valence-electron chi connectivity index (χ0n) is 11.8. The van der Waals surface area contributed by atoms with Crippen LogP contribution in [0.1, 0.15) is 22.3 Å². The first kappa shape index (κ1) is 13.6. The number of amides is 1. The summed E-state index contributed by atoms with van der Waals surface area (Å²) < 4.78 is 19.2. The van der Waals surface area contributed by atoms with Crippen molar-refractivity contribution in [2.75, 3.05) is 18.6 Å². The number of benzene rings is 2. The van der Waals surface area contributed by atoms with Crippen molar-refractivity contribution in [2.24, 2.45) is 0 Å². The Kier molecular flexibility index (Phi) is 3.60. The number of aryl methyl sites for hydroxylation is 1. The number of anilines is 1. The second kappa shape index (κ2) is 5.56. The quantitative estimate of drug-likeness (QED) is 0.846. The van der Waals surface area contributed by atoms with Gasteiger partial charge in [0.2, 0.25) is 0 Å². The van der Waals surface area contributed by atoms with Gasteiger partial charge in [-0.3, -0.25) is 4.79 Å². The van der Waals surface area contributed by atoms with Gasteiger partial charge < -0.3 is 9.64 Å². The van der Waals surface area contributed by atoms with Crippen LogP contribution in [-0.2, 0) is 6.42 Å². The van der Waals surface area contributed by atoms with Gasteiger partial charge in [0.25, 0.3) is 5.91 Å². The molecule has 0 N–H and O–H groups in total. The van der Waals surface area contributed by atoms with Gasteiger partial charge in [-0.25, -0.2) is 4.39 Å². The van der Waals surface area contributed by atoms with Crippen LogP contribution in [0.4, 0.5) is 10.1 Å². The van der Waals surface area contributed by atoms with E-state index in [9.17, 15) is 9.18 Å². The highest BCUT2D eigenvalue weighted by Gasteiger charge is 2.27. The Morgan fingerprint density at radius 1 is 1.19 bits per heavy atom. The van der Waals surface area contributed by atoms with Gasteiger partial charge in [0.05, 0.1) is 18.4 Å². The predicted molar refractivity (Wildman–Crippen MR) is 79.4 cm³/mol. The fourth-order valence-electron chi connectivity index (χ4n) is 2.76. The zero-order valence-corrected chi connectivity index (χ0v) is 11.8. The molecular formula is C17H16FNO2. The second-order valence-corrected chi connectivity index (χ2v) is 5.01. The lowest BCUT2D eigenvalue weighted by molar-refractivity contribution is 0.0980. The van der Waals surface area contributed by atoms with E-state index in [4.69, 9.17) is 4.74 Å². The molecule has 108 valence electrons. The van der Waals surface area contributed by atoms with Crippen molar-refractivity contribution >= 4 is 11.6 Å². The monoisotopic (exact) mass is 285 g/mol. The van der Waals surface area contributed by atoms with Gasteiger partial charge in [0, 0.05) is 6.54 Å². The molecule has 2 aromatic rings. The maximum Gasteiger partial charge on any atom is 0.261 e. The van der Waals surface area contributed by atoms with Gasteiger partial charge in [-0.2, -0.15) is 0 Å². The van der Waals surface area contributed by atoms with Gasteiger partial charge in [0.15, 0.2) is 0 Å². The molecule has 21 heavy (non-hydrogen) atoms. The molecule has 0 fully saturated rings. The zero-order chi connectivity index (χ0) is 14.8. The SMILES string of the molecule is COc1cccc2c1N(C(=O)c1ccccc1F)CCC2. The maximum atomic E-state index is 13.9. The second-order valence-electron chi connectivity index (χ2n) is 5.01. The van der Waals surface area contributed by atoms with E-state index >= 15 is 0 Å². The molecule has 0 unspecified atom stereocenters. The predicted octanol–water partition coefficient (Wildman–Crippen LogP) is 3.43. The van der Waals surface area contributed by atoms with E-state index in [2.05, 4.69) is 0 Å². The van der Waals surface area contributed by atoms with E-state index in [1.165, 1.54) is 12.1 Å². The fraction of sp³-hybridized carbons (Fsp3) is 0.235. The largest absolute Gasteiger partial charge is 0.495 e. The number of carbonyl (C=O) groups excluding carboxylic acids is 1. The molecule has 0 bridgehead atoms. The van der Waals surface area contributed by atoms with Gasteiger partial charge >= 0.3 is 0 Å². The molecule has 0 saturated heterocycles. The number of fused-ring (bicyclic) bond motifs is 1. The number of halogens is 1. The summed E-state index contributed by atoms with van der Waals surface area (Å²) in [5.74, 6) is -0.167. The van der Waals surface area contributed by atoms with Crippen molar-refractivity contribution in [3.8, 4) is 5.75 Å². The van der Waals surface area contributed by atoms with Gasteiger partial charge in [0.1, 0.15) is 11.6 Å². The van der Waals surface area contributed by atoms with E-state index in [-0.39, 0.29) is 11.5 Å². The number of hydrogen-bond acceptors (Lipinski definition) is 2. The Morgan fingerprint density at radius 3 is 2.76 bits per heavy atom. The summed E-state index contributed by atoms with van der Waals surface area (Å²) in [6.45, 7) is 0.570. The molecule has 4 heteroatoms. The molecule has 0 radical (unpaired) electrons. The minimum absolute atomic E-state index is 0.0938. The molecule has 0 atom stereocenters. The molecule has 0 aliphatic carbocycles. The summed E-state index contributed by atoms with van der Waals surface area (Å²) in [5, 5.41) is 0. The molecule has 0 spiro atoms. The van der Waals surface area contributed by atoms with E-state index < -0.39 is 5.82 Å². The molecule has 3 nitrogen and oxygen atoms in total. The lowest BCUT2D eigenvalue weighted by atomic mass is 10.00. The third-order valence-electron chi connectivity index (χ3n) is 3.75. The standard InChI is InChI=1S/C17H16FNO2/c1-21-15-10-4-6-12-7-5-11-19(16(12)15)17(20)13-8-2-3-9-14(13)18/h2-4,6,8-10H,5,7,11H2,1H3. The van der Waals surface area contributed by atoms with Crippen LogP contribution in [0.5, 0.6) is 5.75 Å². The van der Waals surface area contributed by atoms with Crippen molar-refractivity contribution in [1.29, 1.82) is 0 Å². The normalized spacial score (nSPS) is 13.7. The Labute approximate surface area is 123 Å². The van der Waals surface area contributed by atoms with Gasteiger partial charge in [-0.05, 0) is 36.6 Å². The summed E-state index contributed by atoms with van der Waals surface area (Å²) >= 11 is 0. The molecule has 0 aromatic heterocycles. The Bertz CT molecular complexity index is 670. The molecule has 3 rings (SSSR count). The number of para-hydroxylation sites is 1. The van der Waals surface area contributed by atoms with Crippen LogP contribution in [-0.4, -0.2) is 19.6 Å². The van der Waals surface area contributed by atoms with Crippen molar-refractivity contribution in [3.63, 3.8) is 0 Å². The lowest BCUT2D eigenvalue weighted by Crippen LogP contribution is -2.36. The minimum Gasteiger partial charge on any atom is -0.495 e. The number of methoxy groups -OCH3 is 1. The van der Waals surface area contributed by atoms with Crippen molar-refractivity contribution in [1.82, 2.24) is 0 Å². The summed E-state index contributed by atoms with van der Waals surface area (Å²) in [6.07, 6.45) is 1.76. The molecule has 1 aliphatic rings. The molecule has 1 aliphatic heterocycles. The highest BCUT2D eigenvalue weighted by molar-refractivity contribution is 6.07. The average molecular weight is 285 g/mol. The maximum absolute atomic E-state index is 13.9. The third kappa shape index (κ3) is 2.37. The summed E-state index contributed by atoms with van der Waals surface area (Å²) in [7, 11) is 1.58. The number of nitrogens with zero attached hydrogens (tertiary/aromatic N) is 1. The van der Waals surface area contributed by atoms with Crippen LogP contribution in [0, 0.1) is 5.82 Å². The van der Waals surface area contributed by atoms with Crippen LogP contribution >= 0.6 is 0 Å². The first-order chi connectivity index (χ1) is 10.2. The summed E-state index contributed by atoms with van der Waals surface area (Å²) in [5.41, 5.74) is 1.92. The lowest BCUT2D eigenvalue weighted by Gasteiger charge is -2.31. The van der Waals surface area contributed by atoms with Crippen molar-refractivity contribution < 1.29 is 13.9 Å². The average Bonchev–Trinajstić information content (AvgIpc) is 2.53. The minimum atomic E-state index is -0.496. The summed E-state index contributed by atoms with van der Waals surface area (Å²) in [4.78, 5) is 14.3. The first-order valence-corrected chi connectivity index (χ1v) is 6.94.